The topological polar surface area (TPSA) is 68.6 Å². The van der Waals surface area contributed by atoms with Crippen molar-refractivity contribution in [3.05, 3.63) is 55.8 Å². The summed E-state index contributed by atoms with van der Waals surface area (Å²) in [5.41, 5.74) is 3.88. The Morgan fingerprint density at radius 1 is 1.24 bits per heavy atom. The maximum absolute atomic E-state index is 12.8. The molecule has 0 spiro atoms. The fraction of sp³-hybridized carbons (Fsp3) is 0.286. The average Bonchev–Trinajstić information content (AvgIpc) is 3.11. The summed E-state index contributed by atoms with van der Waals surface area (Å²) in [6, 6.07) is 9.19. The van der Waals surface area contributed by atoms with Crippen molar-refractivity contribution in [2.45, 2.75) is 33.7 Å². The number of thioether (sulfide) groups is 1. The van der Waals surface area contributed by atoms with E-state index in [0.29, 0.717) is 4.91 Å². The second-order valence-electron chi connectivity index (χ2n) is 6.62. The predicted octanol–water partition coefficient (Wildman–Crippen LogP) is 4.69. The fourth-order valence-corrected chi connectivity index (χ4v) is 4.50. The van der Waals surface area contributed by atoms with E-state index in [0.717, 1.165) is 42.9 Å². The molecule has 1 aromatic carbocycles. The van der Waals surface area contributed by atoms with E-state index < -0.39 is 23.2 Å². The highest BCUT2D eigenvalue weighted by Crippen LogP contribution is 2.35. The third kappa shape index (κ3) is 4.28. The Labute approximate surface area is 187 Å². The molecule has 29 heavy (non-hydrogen) atoms. The van der Waals surface area contributed by atoms with Gasteiger partial charge in [-0.15, -0.1) is 0 Å². The highest BCUT2D eigenvalue weighted by Gasteiger charge is 2.41. The SMILES string of the molecule is CCOC(=O)[C@@H](C)N1C(=O)S/C(=C\c2cc(C)n(-c3ccc(I)cc3)c2C)C1=O. The first-order chi connectivity index (χ1) is 13.7. The van der Waals surface area contributed by atoms with Crippen LogP contribution < -0.4 is 0 Å². The van der Waals surface area contributed by atoms with E-state index in [1.165, 1.54) is 6.92 Å². The molecule has 3 rings (SSSR count). The van der Waals surface area contributed by atoms with Gasteiger partial charge in [0, 0.05) is 20.6 Å². The minimum atomic E-state index is -0.951. The van der Waals surface area contributed by atoms with Gasteiger partial charge >= 0.3 is 5.97 Å². The molecular formula is C21H21IN2O4S. The van der Waals surface area contributed by atoms with Gasteiger partial charge in [-0.05, 0) is 104 Å². The molecular weight excluding hydrogens is 503 g/mol. The van der Waals surface area contributed by atoms with Gasteiger partial charge in [0.2, 0.25) is 0 Å². The van der Waals surface area contributed by atoms with Crippen LogP contribution >= 0.6 is 34.4 Å². The minimum absolute atomic E-state index is 0.194. The van der Waals surface area contributed by atoms with E-state index in [4.69, 9.17) is 4.74 Å². The van der Waals surface area contributed by atoms with Crippen molar-refractivity contribution in [3.8, 4) is 5.69 Å². The minimum Gasteiger partial charge on any atom is -0.464 e. The lowest BCUT2D eigenvalue weighted by molar-refractivity contribution is -0.150. The number of benzene rings is 1. The summed E-state index contributed by atoms with van der Waals surface area (Å²) in [5.74, 6) is -1.06. The third-order valence-electron chi connectivity index (χ3n) is 4.68. The molecule has 0 unspecified atom stereocenters. The molecule has 2 heterocycles. The number of rotatable bonds is 5. The van der Waals surface area contributed by atoms with Crippen LogP contribution in [0, 0.1) is 17.4 Å². The highest BCUT2D eigenvalue weighted by atomic mass is 127. The number of amides is 2. The van der Waals surface area contributed by atoms with Gasteiger partial charge in [0.15, 0.2) is 0 Å². The standard InChI is InChI=1S/C21H21IN2O4S/c1-5-28-20(26)14(4)24-19(25)18(29-21(24)27)11-15-10-12(2)23(13(15)3)17-8-6-16(22)7-9-17/h6-11,14H,5H2,1-4H3/b18-11-/t14-/m1/s1. The van der Waals surface area contributed by atoms with Crippen molar-refractivity contribution in [2.24, 2.45) is 0 Å². The molecule has 1 fully saturated rings. The van der Waals surface area contributed by atoms with E-state index in [1.807, 2.05) is 44.2 Å². The van der Waals surface area contributed by atoms with E-state index in [-0.39, 0.29) is 6.61 Å². The Balaban J connectivity index is 1.92. The number of nitrogens with zero attached hydrogens (tertiary/aromatic N) is 2. The van der Waals surface area contributed by atoms with Gasteiger partial charge < -0.3 is 9.30 Å². The number of hydrogen-bond donors (Lipinski definition) is 0. The number of imide groups is 1. The lowest BCUT2D eigenvalue weighted by Gasteiger charge is -2.19. The molecule has 0 N–H and O–H groups in total. The van der Waals surface area contributed by atoms with Gasteiger partial charge in [-0.1, -0.05) is 0 Å². The van der Waals surface area contributed by atoms with Gasteiger partial charge in [-0.25, -0.2) is 4.79 Å². The molecule has 2 aromatic rings. The Bertz CT molecular complexity index is 1010. The predicted molar refractivity (Wildman–Crippen MR) is 122 cm³/mol. The van der Waals surface area contributed by atoms with E-state index in [2.05, 4.69) is 27.2 Å². The largest absolute Gasteiger partial charge is 0.464 e. The second kappa shape index (κ2) is 8.74. The summed E-state index contributed by atoms with van der Waals surface area (Å²) in [7, 11) is 0. The van der Waals surface area contributed by atoms with Crippen LogP contribution in [-0.4, -0.2) is 39.2 Å². The van der Waals surface area contributed by atoms with E-state index in [9.17, 15) is 14.4 Å². The summed E-state index contributed by atoms with van der Waals surface area (Å²) < 4.78 is 8.20. The molecule has 1 saturated heterocycles. The molecule has 0 aliphatic carbocycles. The third-order valence-corrected chi connectivity index (χ3v) is 6.28. The van der Waals surface area contributed by atoms with Crippen molar-refractivity contribution in [2.75, 3.05) is 6.61 Å². The van der Waals surface area contributed by atoms with Crippen molar-refractivity contribution >= 4 is 57.5 Å². The zero-order valence-corrected chi connectivity index (χ0v) is 19.5. The van der Waals surface area contributed by atoms with E-state index in [1.54, 1.807) is 13.0 Å². The quantitative estimate of drug-likeness (QED) is 0.323. The van der Waals surface area contributed by atoms with E-state index >= 15 is 0 Å². The molecule has 2 amide bonds. The van der Waals surface area contributed by atoms with Crippen molar-refractivity contribution in [3.63, 3.8) is 0 Å². The van der Waals surface area contributed by atoms with Gasteiger partial charge in [0.25, 0.3) is 11.1 Å². The van der Waals surface area contributed by atoms with Crippen molar-refractivity contribution in [1.82, 2.24) is 9.47 Å². The molecule has 6 nitrogen and oxygen atoms in total. The second-order valence-corrected chi connectivity index (χ2v) is 8.86. The maximum Gasteiger partial charge on any atom is 0.329 e. The van der Waals surface area contributed by atoms with Crippen molar-refractivity contribution in [1.29, 1.82) is 0 Å². The first-order valence-electron chi connectivity index (χ1n) is 9.13. The number of ether oxygens (including phenoxy) is 1. The lowest BCUT2D eigenvalue weighted by Crippen LogP contribution is -2.42. The van der Waals surface area contributed by atoms with Crippen molar-refractivity contribution < 1.29 is 19.1 Å². The summed E-state index contributed by atoms with van der Waals surface area (Å²) >= 11 is 3.11. The Kier molecular flexibility index (Phi) is 6.52. The first kappa shape index (κ1) is 21.6. The van der Waals surface area contributed by atoms with Crippen LogP contribution in [0.25, 0.3) is 11.8 Å². The summed E-state index contributed by atoms with van der Waals surface area (Å²) in [5, 5.41) is -0.465. The zero-order chi connectivity index (χ0) is 21.3. The van der Waals surface area contributed by atoms with Crippen LogP contribution in [0.2, 0.25) is 0 Å². The zero-order valence-electron chi connectivity index (χ0n) is 16.6. The van der Waals surface area contributed by atoms with Gasteiger partial charge in [0.1, 0.15) is 6.04 Å². The van der Waals surface area contributed by atoms with Crippen LogP contribution in [0.5, 0.6) is 0 Å². The molecule has 1 atom stereocenters. The maximum atomic E-state index is 12.8. The summed E-state index contributed by atoms with van der Waals surface area (Å²) in [6.45, 7) is 7.35. The number of aryl methyl sites for hydroxylation is 1. The Morgan fingerprint density at radius 3 is 2.52 bits per heavy atom. The van der Waals surface area contributed by atoms with Gasteiger partial charge in [0.05, 0.1) is 11.5 Å². The van der Waals surface area contributed by atoms with Crippen LogP contribution in [0.3, 0.4) is 0 Å². The summed E-state index contributed by atoms with van der Waals surface area (Å²) in [6.07, 6.45) is 1.72. The first-order valence-corrected chi connectivity index (χ1v) is 11.0. The Hall–Kier alpha value is -2.07. The van der Waals surface area contributed by atoms with Crippen LogP contribution in [-0.2, 0) is 14.3 Å². The fourth-order valence-electron chi connectivity index (χ4n) is 3.24. The van der Waals surface area contributed by atoms with Gasteiger partial charge in [-0.3, -0.25) is 14.5 Å². The summed E-state index contributed by atoms with van der Waals surface area (Å²) in [4.78, 5) is 38.4. The number of hydrogen-bond acceptors (Lipinski definition) is 5. The lowest BCUT2D eigenvalue weighted by atomic mass is 10.2. The highest BCUT2D eigenvalue weighted by molar-refractivity contribution is 14.1. The molecule has 0 bridgehead atoms. The molecule has 1 aromatic heterocycles. The monoisotopic (exact) mass is 524 g/mol. The normalized spacial score (nSPS) is 16.6. The number of halogens is 1. The van der Waals surface area contributed by atoms with Crippen LogP contribution in [0.4, 0.5) is 4.79 Å². The average molecular weight is 524 g/mol. The number of carbonyl (C=O) groups excluding carboxylic acids is 3. The number of aromatic nitrogens is 1. The Morgan fingerprint density at radius 2 is 1.90 bits per heavy atom. The van der Waals surface area contributed by atoms with Crippen LogP contribution in [0.1, 0.15) is 30.8 Å². The molecule has 1 aliphatic rings. The molecule has 152 valence electrons. The van der Waals surface area contributed by atoms with Crippen LogP contribution in [0.15, 0.2) is 35.2 Å². The molecule has 0 radical (unpaired) electrons. The molecule has 0 saturated carbocycles. The molecule has 1 aliphatic heterocycles. The number of carbonyl (C=O) groups is 3. The smallest absolute Gasteiger partial charge is 0.329 e. The number of esters is 1. The molecule has 8 heteroatoms. The van der Waals surface area contributed by atoms with Gasteiger partial charge in [-0.2, -0.15) is 0 Å².